The number of aryl methyl sites for hydroxylation is 1. The van der Waals surface area contributed by atoms with Crippen LogP contribution in [0.25, 0.3) is 0 Å². The first kappa shape index (κ1) is 20.4. The number of hydrogen-bond acceptors (Lipinski definition) is 9. The molecule has 1 N–H and O–H groups in total. The van der Waals surface area contributed by atoms with Crippen molar-refractivity contribution in [3.8, 4) is 0 Å². The summed E-state index contributed by atoms with van der Waals surface area (Å²) in [7, 11) is 1.72. The first-order valence-electron chi connectivity index (χ1n) is 9.68. The topological polar surface area (TPSA) is 126 Å². The van der Waals surface area contributed by atoms with Gasteiger partial charge in [0, 0.05) is 19.0 Å². The second kappa shape index (κ2) is 9.76. The van der Waals surface area contributed by atoms with Crippen LogP contribution in [0.4, 0.5) is 10.6 Å². The number of anilines is 1. The van der Waals surface area contributed by atoms with Crippen molar-refractivity contribution >= 4 is 17.6 Å². The van der Waals surface area contributed by atoms with Crippen molar-refractivity contribution in [2.24, 2.45) is 12.2 Å². The zero-order valence-electron chi connectivity index (χ0n) is 16.8. The van der Waals surface area contributed by atoms with Gasteiger partial charge in [-0.05, 0) is 22.6 Å². The lowest BCUT2D eigenvalue weighted by atomic mass is 10.1. The van der Waals surface area contributed by atoms with Gasteiger partial charge in [-0.25, -0.2) is 14.5 Å². The van der Waals surface area contributed by atoms with Crippen LogP contribution in [0.1, 0.15) is 23.5 Å². The Morgan fingerprint density at radius 1 is 1.26 bits per heavy atom. The second-order valence-electron chi connectivity index (χ2n) is 6.74. The normalized spacial score (nSPS) is 16.2. The molecule has 1 saturated heterocycles. The van der Waals surface area contributed by atoms with E-state index in [-0.39, 0.29) is 12.7 Å². The molecule has 0 aliphatic carbocycles. The minimum Gasteiger partial charge on any atom is -0.443 e. The van der Waals surface area contributed by atoms with Crippen LogP contribution >= 0.6 is 0 Å². The largest absolute Gasteiger partial charge is 0.443 e. The summed E-state index contributed by atoms with van der Waals surface area (Å²) < 4.78 is 12.0. The number of aromatic nitrogens is 5. The van der Waals surface area contributed by atoms with Crippen LogP contribution in [0, 0.1) is 0 Å². The molecule has 1 aliphatic rings. The molecular weight excluding hydrogens is 402 g/mol. The quantitative estimate of drug-likeness (QED) is 0.451. The van der Waals surface area contributed by atoms with Crippen LogP contribution in [0.5, 0.6) is 0 Å². The van der Waals surface area contributed by atoms with Gasteiger partial charge in [0.05, 0.1) is 18.9 Å². The third-order valence-corrected chi connectivity index (χ3v) is 4.45. The van der Waals surface area contributed by atoms with Crippen LogP contribution in [0.3, 0.4) is 0 Å². The van der Waals surface area contributed by atoms with E-state index in [0.29, 0.717) is 42.7 Å². The number of amides is 1. The highest BCUT2D eigenvalue weighted by Crippen LogP contribution is 2.12. The second-order valence-corrected chi connectivity index (χ2v) is 6.74. The minimum absolute atomic E-state index is 0.0860. The molecule has 2 aromatic heterocycles. The zero-order chi connectivity index (χ0) is 21.5. The molecule has 31 heavy (non-hydrogen) atoms. The van der Waals surface area contributed by atoms with Crippen molar-refractivity contribution in [2.45, 2.75) is 19.1 Å². The number of ether oxygens (including phenoxy) is 2. The highest BCUT2D eigenvalue weighted by Gasteiger charge is 2.20. The molecule has 0 radical (unpaired) electrons. The molecule has 3 aromatic rings. The summed E-state index contributed by atoms with van der Waals surface area (Å²) in [6, 6.07) is 14.7. The molecule has 3 heterocycles. The Bertz CT molecular complexity index is 1050. The van der Waals surface area contributed by atoms with E-state index in [1.165, 1.54) is 4.68 Å². The van der Waals surface area contributed by atoms with Gasteiger partial charge in [-0.2, -0.15) is 0 Å². The number of nitrogens with one attached hydrogen (secondary N) is 1. The van der Waals surface area contributed by atoms with Crippen LogP contribution in [-0.2, 0) is 28.0 Å². The van der Waals surface area contributed by atoms with E-state index in [0.717, 1.165) is 5.56 Å². The Morgan fingerprint density at radius 2 is 2.13 bits per heavy atom. The molecule has 1 aliphatic heterocycles. The number of oxime groups is 1. The Kier molecular flexibility index (Phi) is 6.43. The van der Waals surface area contributed by atoms with Crippen molar-refractivity contribution in [3.63, 3.8) is 0 Å². The molecule has 11 nitrogen and oxygen atoms in total. The molecule has 1 aromatic carbocycles. The molecule has 1 atom stereocenters. The molecule has 0 spiro atoms. The Labute approximate surface area is 178 Å². The van der Waals surface area contributed by atoms with Crippen LogP contribution in [-0.4, -0.2) is 56.3 Å². The Morgan fingerprint density at radius 3 is 2.87 bits per heavy atom. The lowest BCUT2D eigenvalue weighted by Crippen LogP contribution is -2.23. The summed E-state index contributed by atoms with van der Waals surface area (Å²) in [6.07, 6.45) is -0.107. The fourth-order valence-electron chi connectivity index (χ4n) is 2.93. The highest BCUT2D eigenvalue weighted by atomic mass is 16.6. The predicted octanol–water partition coefficient (Wildman–Crippen LogP) is 1.91. The lowest BCUT2D eigenvalue weighted by Gasteiger charge is -2.11. The Hall–Kier alpha value is -3.86. The number of hydrogen-bond donors (Lipinski definition) is 1. The van der Waals surface area contributed by atoms with Crippen LogP contribution in [0.2, 0.25) is 0 Å². The highest BCUT2D eigenvalue weighted by molar-refractivity contribution is 6.10. The van der Waals surface area contributed by atoms with Gasteiger partial charge in [0.2, 0.25) is 5.82 Å². The minimum atomic E-state index is -0.569. The Balaban J connectivity index is 1.41. The van der Waals surface area contributed by atoms with Crippen molar-refractivity contribution in [1.82, 2.24) is 25.2 Å². The zero-order valence-corrected chi connectivity index (χ0v) is 16.8. The van der Waals surface area contributed by atoms with Gasteiger partial charge >= 0.3 is 6.09 Å². The van der Waals surface area contributed by atoms with Crippen molar-refractivity contribution in [1.29, 1.82) is 0 Å². The maximum absolute atomic E-state index is 12.0. The SMILES string of the molecule is Cn1nnnc1/C(=N\OCc1cccc(NC(=O)OC2CCOC2)n1)c1ccccc1. The van der Waals surface area contributed by atoms with E-state index in [2.05, 4.69) is 31.0 Å². The van der Waals surface area contributed by atoms with Crippen molar-refractivity contribution in [3.05, 3.63) is 65.6 Å². The third kappa shape index (κ3) is 5.39. The maximum Gasteiger partial charge on any atom is 0.413 e. The molecular formula is C20H21N7O4. The fraction of sp³-hybridized carbons (Fsp3) is 0.300. The first-order valence-corrected chi connectivity index (χ1v) is 9.68. The number of tetrazole rings is 1. The van der Waals surface area contributed by atoms with E-state index in [9.17, 15) is 4.79 Å². The smallest absolute Gasteiger partial charge is 0.413 e. The number of benzene rings is 1. The van der Waals surface area contributed by atoms with Crippen molar-refractivity contribution < 1.29 is 19.1 Å². The number of carbonyl (C=O) groups is 1. The molecule has 0 bridgehead atoms. The van der Waals surface area contributed by atoms with Crippen molar-refractivity contribution in [2.75, 3.05) is 18.5 Å². The average molecular weight is 423 g/mol. The van der Waals surface area contributed by atoms with Gasteiger partial charge in [0.25, 0.3) is 0 Å². The van der Waals surface area contributed by atoms with Gasteiger partial charge in [0.1, 0.15) is 11.9 Å². The summed E-state index contributed by atoms with van der Waals surface area (Å²) in [5.41, 5.74) is 1.88. The van der Waals surface area contributed by atoms with Gasteiger partial charge in [-0.15, -0.1) is 5.10 Å². The van der Waals surface area contributed by atoms with E-state index in [4.69, 9.17) is 14.3 Å². The summed E-state index contributed by atoms with van der Waals surface area (Å²) in [5, 5.41) is 18.4. The summed E-state index contributed by atoms with van der Waals surface area (Å²) >= 11 is 0. The summed E-state index contributed by atoms with van der Waals surface area (Å²) in [5.74, 6) is 0.822. The standard InChI is InChI=1S/C20H21N7O4/c1-27-19(23-25-26-27)18(14-6-3-2-4-7-14)24-30-12-15-8-5-9-17(21-15)22-20(28)31-16-10-11-29-13-16/h2-9,16H,10-13H2,1H3,(H,21,22,28)/b24-18-. The molecule has 1 unspecified atom stereocenters. The molecule has 1 fully saturated rings. The molecule has 160 valence electrons. The van der Waals surface area contributed by atoms with E-state index in [1.807, 2.05) is 30.3 Å². The van der Waals surface area contributed by atoms with E-state index in [1.54, 1.807) is 25.2 Å². The van der Waals surface area contributed by atoms with Gasteiger partial charge in [-0.3, -0.25) is 5.32 Å². The van der Waals surface area contributed by atoms with E-state index >= 15 is 0 Å². The lowest BCUT2D eigenvalue weighted by molar-refractivity contribution is 0.0931. The fourth-order valence-corrected chi connectivity index (χ4v) is 2.93. The molecule has 4 rings (SSSR count). The molecule has 1 amide bonds. The number of carbonyl (C=O) groups excluding carboxylic acids is 1. The monoisotopic (exact) mass is 423 g/mol. The van der Waals surface area contributed by atoms with Gasteiger partial charge in [0.15, 0.2) is 12.3 Å². The number of pyridine rings is 1. The third-order valence-electron chi connectivity index (χ3n) is 4.45. The molecule has 11 heteroatoms. The first-order chi connectivity index (χ1) is 15.2. The van der Waals surface area contributed by atoms with Gasteiger partial charge in [-0.1, -0.05) is 41.6 Å². The summed E-state index contributed by atoms with van der Waals surface area (Å²) in [4.78, 5) is 21.9. The summed E-state index contributed by atoms with van der Waals surface area (Å²) in [6.45, 7) is 1.10. The number of nitrogens with zero attached hydrogens (tertiary/aromatic N) is 6. The average Bonchev–Trinajstić information content (AvgIpc) is 3.44. The predicted molar refractivity (Wildman–Crippen MR) is 109 cm³/mol. The maximum atomic E-state index is 12.0. The molecule has 0 saturated carbocycles. The van der Waals surface area contributed by atoms with Gasteiger partial charge < -0.3 is 14.3 Å². The van der Waals surface area contributed by atoms with Crippen LogP contribution < -0.4 is 5.32 Å². The van der Waals surface area contributed by atoms with Crippen LogP contribution in [0.15, 0.2) is 53.7 Å². The number of rotatable bonds is 7. The van der Waals surface area contributed by atoms with E-state index < -0.39 is 6.09 Å².